The maximum atomic E-state index is 12.6. The predicted octanol–water partition coefficient (Wildman–Crippen LogP) is 0.547. The summed E-state index contributed by atoms with van der Waals surface area (Å²) in [5.41, 5.74) is 1.33. The zero-order chi connectivity index (χ0) is 16.5. The number of hydrogen-bond donors (Lipinski definition) is 1. The van der Waals surface area contributed by atoms with Crippen LogP contribution in [0.15, 0.2) is 23.5 Å². The summed E-state index contributed by atoms with van der Waals surface area (Å²) < 4.78 is 5.52. The van der Waals surface area contributed by atoms with Gasteiger partial charge in [-0.15, -0.1) is 0 Å². The number of ether oxygens (including phenoxy) is 1. The first-order valence-corrected chi connectivity index (χ1v) is 8.00. The molecule has 4 rings (SSSR count). The van der Waals surface area contributed by atoms with Gasteiger partial charge in [0.1, 0.15) is 5.69 Å². The molecule has 0 aromatic carbocycles. The monoisotopic (exact) mass is 327 g/mol. The van der Waals surface area contributed by atoms with Crippen molar-refractivity contribution in [3.63, 3.8) is 0 Å². The van der Waals surface area contributed by atoms with Crippen LogP contribution in [0.2, 0.25) is 0 Å². The number of hydrogen-bond acceptors (Lipinski definition) is 6. The third kappa shape index (κ3) is 2.99. The van der Waals surface area contributed by atoms with Gasteiger partial charge in [-0.3, -0.25) is 9.59 Å². The van der Waals surface area contributed by atoms with E-state index < -0.39 is 0 Å². The SMILES string of the molecule is O=C(c1cnc(OCC2CC2)cn1)N1CCc2nc[nH]c(=O)c2C1. The Morgan fingerprint density at radius 2 is 2.17 bits per heavy atom. The van der Waals surface area contributed by atoms with E-state index in [9.17, 15) is 9.59 Å². The third-order valence-electron chi connectivity index (χ3n) is 4.30. The van der Waals surface area contributed by atoms with Crippen LogP contribution in [-0.4, -0.2) is 43.9 Å². The molecule has 1 aliphatic carbocycles. The van der Waals surface area contributed by atoms with Crippen molar-refractivity contribution in [1.82, 2.24) is 24.8 Å². The number of aromatic amines is 1. The second-order valence-corrected chi connectivity index (χ2v) is 6.13. The van der Waals surface area contributed by atoms with Gasteiger partial charge in [-0.2, -0.15) is 0 Å². The molecule has 0 saturated heterocycles. The first-order valence-electron chi connectivity index (χ1n) is 8.00. The van der Waals surface area contributed by atoms with Gasteiger partial charge in [-0.05, 0) is 18.8 Å². The number of nitrogens with one attached hydrogen (secondary N) is 1. The van der Waals surface area contributed by atoms with Crippen LogP contribution in [0.5, 0.6) is 5.88 Å². The number of nitrogens with zero attached hydrogens (tertiary/aromatic N) is 4. The summed E-state index contributed by atoms with van der Waals surface area (Å²) in [5, 5.41) is 0. The average Bonchev–Trinajstić information content (AvgIpc) is 3.44. The van der Waals surface area contributed by atoms with Crippen LogP contribution in [0.1, 0.15) is 34.6 Å². The van der Waals surface area contributed by atoms with E-state index in [4.69, 9.17) is 4.74 Å². The van der Waals surface area contributed by atoms with Crippen LogP contribution >= 0.6 is 0 Å². The first kappa shape index (κ1) is 14.8. The van der Waals surface area contributed by atoms with Crippen LogP contribution in [0.4, 0.5) is 0 Å². The van der Waals surface area contributed by atoms with E-state index in [1.165, 1.54) is 31.6 Å². The van der Waals surface area contributed by atoms with Crippen molar-refractivity contribution in [1.29, 1.82) is 0 Å². The minimum absolute atomic E-state index is 0.201. The molecule has 1 fully saturated rings. The second kappa shape index (κ2) is 6.03. The molecule has 8 heteroatoms. The van der Waals surface area contributed by atoms with Crippen LogP contribution in [0.25, 0.3) is 0 Å². The van der Waals surface area contributed by atoms with Crippen LogP contribution in [0, 0.1) is 5.92 Å². The molecule has 3 heterocycles. The summed E-state index contributed by atoms with van der Waals surface area (Å²) in [6.07, 6.45) is 7.25. The molecule has 0 atom stereocenters. The Bertz CT molecular complexity index is 813. The lowest BCUT2D eigenvalue weighted by Gasteiger charge is -2.27. The molecule has 1 N–H and O–H groups in total. The molecular weight excluding hydrogens is 310 g/mol. The molecule has 0 spiro atoms. The molecule has 0 unspecified atom stereocenters. The number of carbonyl (C=O) groups is 1. The topological polar surface area (TPSA) is 101 Å². The Kier molecular flexibility index (Phi) is 3.72. The van der Waals surface area contributed by atoms with Crippen molar-refractivity contribution >= 4 is 5.91 Å². The average molecular weight is 327 g/mol. The largest absolute Gasteiger partial charge is 0.476 e. The van der Waals surface area contributed by atoms with Crippen molar-refractivity contribution in [3.05, 3.63) is 46.0 Å². The number of aromatic nitrogens is 4. The Labute approximate surface area is 137 Å². The lowest BCUT2D eigenvalue weighted by molar-refractivity contribution is 0.0726. The van der Waals surface area contributed by atoms with Gasteiger partial charge in [0.2, 0.25) is 5.88 Å². The molecule has 2 aromatic heterocycles. The normalized spacial score (nSPS) is 16.6. The summed E-state index contributed by atoms with van der Waals surface area (Å²) in [4.78, 5) is 41.0. The number of H-pyrrole nitrogens is 1. The molecule has 2 aliphatic rings. The van der Waals surface area contributed by atoms with Gasteiger partial charge in [-0.1, -0.05) is 0 Å². The molecule has 0 bridgehead atoms. The Balaban J connectivity index is 1.45. The molecule has 124 valence electrons. The third-order valence-corrected chi connectivity index (χ3v) is 4.30. The Hall–Kier alpha value is -2.77. The smallest absolute Gasteiger partial charge is 0.274 e. The summed E-state index contributed by atoms with van der Waals surface area (Å²) >= 11 is 0. The molecule has 1 aliphatic heterocycles. The predicted molar refractivity (Wildman–Crippen MR) is 83.6 cm³/mol. The minimum atomic E-state index is -0.245. The van der Waals surface area contributed by atoms with E-state index in [2.05, 4.69) is 19.9 Å². The molecule has 1 amide bonds. The van der Waals surface area contributed by atoms with Crippen molar-refractivity contribution in [2.45, 2.75) is 25.8 Å². The van der Waals surface area contributed by atoms with E-state index in [-0.39, 0.29) is 23.7 Å². The number of fused-ring (bicyclic) bond motifs is 1. The number of rotatable bonds is 4. The number of carbonyl (C=O) groups excluding carboxylic acids is 1. The van der Waals surface area contributed by atoms with E-state index in [0.717, 1.165) is 5.69 Å². The van der Waals surface area contributed by atoms with Crippen LogP contribution in [0.3, 0.4) is 0 Å². The van der Waals surface area contributed by atoms with E-state index in [0.29, 0.717) is 36.9 Å². The lowest BCUT2D eigenvalue weighted by Crippen LogP contribution is -2.39. The fraction of sp³-hybridized carbons (Fsp3) is 0.438. The molecule has 2 aromatic rings. The fourth-order valence-electron chi connectivity index (χ4n) is 2.68. The Morgan fingerprint density at radius 3 is 2.92 bits per heavy atom. The zero-order valence-electron chi connectivity index (χ0n) is 13.1. The maximum Gasteiger partial charge on any atom is 0.274 e. The highest BCUT2D eigenvalue weighted by Gasteiger charge is 2.26. The van der Waals surface area contributed by atoms with Crippen molar-refractivity contribution in [3.8, 4) is 5.88 Å². The highest BCUT2D eigenvalue weighted by molar-refractivity contribution is 5.92. The molecule has 8 nitrogen and oxygen atoms in total. The lowest BCUT2D eigenvalue weighted by atomic mass is 10.1. The molecule has 24 heavy (non-hydrogen) atoms. The van der Waals surface area contributed by atoms with Crippen molar-refractivity contribution in [2.24, 2.45) is 5.92 Å². The zero-order valence-corrected chi connectivity index (χ0v) is 13.1. The van der Waals surface area contributed by atoms with Gasteiger partial charge >= 0.3 is 0 Å². The van der Waals surface area contributed by atoms with Gasteiger partial charge in [0.05, 0.1) is 43.1 Å². The van der Waals surface area contributed by atoms with Gasteiger partial charge in [0, 0.05) is 13.0 Å². The molecule has 0 radical (unpaired) electrons. The Morgan fingerprint density at radius 1 is 1.29 bits per heavy atom. The van der Waals surface area contributed by atoms with Crippen molar-refractivity contribution < 1.29 is 9.53 Å². The van der Waals surface area contributed by atoms with E-state index in [1.807, 2.05) is 0 Å². The van der Waals surface area contributed by atoms with Gasteiger partial charge in [0.25, 0.3) is 11.5 Å². The van der Waals surface area contributed by atoms with Gasteiger partial charge in [0.15, 0.2) is 0 Å². The highest BCUT2D eigenvalue weighted by Crippen LogP contribution is 2.29. The quantitative estimate of drug-likeness (QED) is 0.880. The standard InChI is InChI=1S/C16H17N5O3/c22-15-11-7-21(4-3-12(11)19-9-20-15)16(23)13-5-18-14(6-17-13)24-8-10-1-2-10/h5-6,9-10H,1-4,7-8H2,(H,19,20,22). The molecule has 1 saturated carbocycles. The van der Waals surface area contributed by atoms with E-state index in [1.54, 1.807) is 4.90 Å². The summed E-state index contributed by atoms with van der Waals surface area (Å²) in [6, 6.07) is 0. The summed E-state index contributed by atoms with van der Waals surface area (Å²) in [7, 11) is 0. The second-order valence-electron chi connectivity index (χ2n) is 6.13. The van der Waals surface area contributed by atoms with E-state index >= 15 is 0 Å². The number of amides is 1. The maximum absolute atomic E-state index is 12.6. The van der Waals surface area contributed by atoms with Gasteiger partial charge in [-0.25, -0.2) is 15.0 Å². The van der Waals surface area contributed by atoms with Crippen LogP contribution in [-0.2, 0) is 13.0 Å². The van der Waals surface area contributed by atoms with Crippen LogP contribution < -0.4 is 10.3 Å². The minimum Gasteiger partial charge on any atom is -0.476 e. The molecular formula is C16H17N5O3. The fourth-order valence-corrected chi connectivity index (χ4v) is 2.68. The first-order chi connectivity index (χ1) is 11.7. The van der Waals surface area contributed by atoms with Gasteiger partial charge < -0.3 is 14.6 Å². The highest BCUT2D eigenvalue weighted by atomic mass is 16.5. The summed E-state index contributed by atoms with van der Waals surface area (Å²) in [6.45, 7) is 1.39. The summed E-state index contributed by atoms with van der Waals surface area (Å²) in [5.74, 6) is 0.821. The van der Waals surface area contributed by atoms with Crippen molar-refractivity contribution in [2.75, 3.05) is 13.2 Å².